The van der Waals surface area contributed by atoms with E-state index in [1.165, 1.54) is 11.6 Å². The Morgan fingerprint density at radius 3 is 2.72 bits per heavy atom. The van der Waals surface area contributed by atoms with Crippen LogP contribution in [0.3, 0.4) is 0 Å². The van der Waals surface area contributed by atoms with Crippen molar-refractivity contribution in [2.45, 2.75) is 25.7 Å². The lowest BCUT2D eigenvalue weighted by Crippen LogP contribution is -2.39. The third kappa shape index (κ3) is 3.12. The first kappa shape index (κ1) is 20.2. The van der Waals surface area contributed by atoms with Crippen LogP contribution < -0.4 is 11.2 Å². The molecule has 0 aliphatic carbocycles. The molecule has 0 bridgehead atoms. The maximum absolute atomic E-state index is 13.4. The maximum Gasteiger partial charge on any atom is 0.332 e. The summed E-state index contributed by atoms with van der Waals surface area (Å²) >= 11 is 0. The lowest BCUT2D eigenvalue weighted by atomic mass is 9.96. The number of benzene rings is 1. The van der Waals surface area contributed by atoms with Crippen molar-refractivity contribution in [1.82, 2.24) is 29.0 Å². The minimum atomic E-state index is -0.416. The van der Waals surface area contributed by atoms with Crippen molar-refractivity contribution < 1.29 is 4.79 Å². The van der Waals surface area contributed by atoms with Crippen molar-refractivity contribution in [3.8, 4) is 0 Å². The molecule has 1 saturated heterocycles. The van der Waals surface area contributed by atoms with Crippen molar-refractivity contribution in [1.29, 1.82) is 0 Å². The number of aromatic nitrogens is 5. The molecule has 0 spiro atoms. The highest BCUT2D eigenvalue weighted by molar-refractivity contribution is 5.98. The Labute approximate surface area is 183 Å². The number of carbonyl (C=O) groups excluding carboxylic acids is 1. The third-order valence-electron chi connectivity index (χ3n) is 6.35. The lowest BCUT2D eigenvalue weighted by molar-refractivity contribution is 0.0704. The molecular formula is C23H24N6O3. The number of hydrogen-bond donors (Lipinski definition) is 1. The van der Waals surface area contributed by atoms with Crippen LogP contribution >= 0.6 is 0 Å². The predicted molar refractivity (Wildman–Crippen MR) is 121 cm³/mol. The summed E-state index contributed by atoms with van der Waals surface area (Å²) in [7, 11) is 3.05. The Bertz CT molecular complexity index is 1500. The zero-order valence-corrected chi connectivity index (χ0v) is 18.3. The van der Waals surface area contributed by atoms with E-state index < -0.39 is 11.2 Å². The number of amides is 1. The number of aromatic amines is 1. The second-order valence-corrected chi connectivity index (χ2v) is 8.43. The summed E-state index contributed by atoms with van der Waals surface area (Å²) in [6.07, 6.45) is 1.66. The van der Waals surface area contributed by atoms with Gasteiger partial charge >= 0.3 is 5.69 Å². The van der Waals surface area contributed by atoms with Gasteiger partial charge in [0.2, 0.25) is 0 Å². The summed E-state index contributed by atoms with van der Waals surface area (Å²) in [5.74, 6) is 0.530. The standard InChI is InChI=1S/C23H24N6O3/c1-13-16(11-14-7-4-5-9-17(14)24-13)21(30)29-10-6-8-15(12-29)19-25-18-20(26-19)27(2)23(32)28(3)22(18)31/h4-5,7,9,11,15H,6,8,10,12H2,1-3H3,(H,25,26). The highest BCUT2D eigenvalue weighted by Crippen LogP contribution is 2.28. The number of para-hydroxylation sites is 1. The number of fused-ring (bicyclic) bond motifs is 2. The predicted octanol–water partition coefficient (Wildman–Crippen LogP) is 1.84. The molecule has 1 fully saturated rings. The molecule has 32 heavy (non-hydrogen) atoms. The van der Waals surface area contributed by atoms with Crippen molar-refractivity contribution >= 4 is 28.0 Å². The summed E-state index contributed by atoms with van der Waals surface area (Å²) in [5.41, 5.74) is 2.01. The molecule has 1 aromatic carbocycles. The fourth-order valence-electron chi connectivity index (χ4n) is 4.52. The van der Waals surface area contributed by atoms with Crippen LogP contribution in [0.5, 0.6) is 0 Å². The van der Waals surface area contributed by atoms with E-state index in [1.807, 2.05) is 42.2 Å². The highest BCUT2D eigenvalue weighted by Gasteiger charge is 2.29. The van der Waals surface area contributed by atoms with Gasteiger partial charge in [-0.2, -0.15) is 0 Å². The zero-order valence-electron chi connectivity index (χ0n) is 18.3. The fourth-order valence-corrected chi connectivity index (χ4v) is 4.52. The van der Waals surface area contributed by atoms with Crippen LogP contribution in [0.4, 0.5) is 0 Å². The number of hydrogen-bond acceptors (Lipinski definition) is 5. The Hall–Kier alpha value is -3.75. The minimum absolute atomic E-state index is 0.0476. The van der Waals surface area contributed by atoms with Crippen LogP contribution in [0, 0.1) is 6.92 Å². The highest BCUT2D eigenvalue weighted by atomic mass is 16.2. The summed E-state index contributed by atoms with van der Waals surface area (Å²) in [6.45, 7) is 3.00. The molecule has 1 atom stereocenters. The van der Waals surface area contributed by atoms with E-state index in [0.29, 0.717) is 41.3 Å². The third-order valence-corrected chi connectivity index (χ3v) is 6.35. The van der Waals surface area contributed by atoms with Gasteiger partial charge in [0.05, 0.1) is 16.8 Å². The molecule has 1 aliphatic heterocycles. The van der Waals surface area contributed by atoms with Gasteiger partial charge in [0.25, 0.3) is 11.5 Å². The van der Waals surface area contributed by atoms with Gasteiger partial charge in [0.1, 0.15) is 11.3 Å². The number of nitrogens with one attached hydrogen (secondary N) is 1. The number of likely N-dealkylation sites (tertiary alicyclic amines) is 1. The normalized spacial score (nSPS) is 16.7. The Balaban J connectivity index is 1.47. The summed E-state index contributed by atoms with van der Waals surface area (Å²) in [5, 5.41) is 0.934. The molecule has 3 aromatic heterocycles. The van der Waals surface area contributed by atoms with Gasteiger partial charge in [-0.3, -0.25) is 23.7 Å². The van der Waals surface area contributed by atoms with Crippen LogP contribution in [0.2, 0.25) is 0 Å². The number of pyridine rings is 1. The number of aryl methyl sites for hydroxylation is 2. The van der Waals surface area contributed by atoms with Gasteiger partial charge < -0.3 is 9.88 Å². The zero-order chi connectivity index (χ0) is 22.6. The van der Waals surface area contributed by atoms with Crippen LogP contribution in [-0.4, -0.2) is 48.0 Å². The topological polar surface area (TPSA) is 106 Å². The molecule has 1 aliphatic rings. The first-order valence-electron chi connectivity index (χ1n) is 10.7. The van der Waals surface area contributed by atoms with Crippen molar-refractivity contribution in [2.24, 2.45) is 14.1 Å². The molecule has 1 unspecified atom stereocenters. The average molecular weight is 432 g/mol. The lowest BCUT2D eigenvalue weighted by Gasteiger charge is -2.32. The minimum Gasteiger partial charge on any atom is -0.338 e. The Kier molecular flexibility index (Phi) is 4.69. The Morgan fingerprint density at radius 2 is 1.91 bits per heavy atom. The smallest absolute Gasteiger partial charge is 0.332 e. The van der Waals surface area contributed by atoms with Gasteiger partial charge in [-0.1, -0.05) is 18.2 Å². The second-order valence-electron chi connectivity index (χ2n) is 8.43. The van der Waals surface area contributed by atoms with Gasteiger partial charge in [-0.05, 0) is 31.9 Å². The average Bonchev–Trinajstić information content (AvgIpc) is 3.26. The molecule has 9 heteroatoms. The Morgan fingerprint density at radius 1 is 1.12 bits per heavy atom. The van der Waals surface area contributed by atoms with Gasteiger partial charge in [-0.25, -0.2) is 9.78 Å². The van der Waals surface area contributed by atoms with Crippen LogP contribution in [0.1, 0.15) is 40.6 Å². The van der Waals surface area contributed by atoms with E-state index in [1.54, 1.807) is 7.05 Å². The van der Waals surface area contributed by atoms with Gasteiger partial charge in [0, 0.05) is 38.5 Å². The molecule has 9 nitrogen and oxygen atoms in total. The fraction of sp³-hybridized carbons (Fsp3) is 0.348. The van der Waals surface area contributed by atoms with Crippen molar-refractivity contribution in [3.63, 3.8) is 0 Å². The number of carbonyl (C=O) groups is 1. The number of piperidine rings is 1. The summed E-state index contributed by atoms with van der Waals surface area (Å²) in [6, 6.07) is 9.67. The number of imidazole rings is 1. The van der Waals surface area contributed by atoms with Crippen molar-refractivity contribution in [3.05, 3.63) is 68.3 Å². The van der Waals surface area contributed by atoms with E-state index in [2.05, 4.69) is 15.0 Å². The van der Waals surface area contributed by atoms with E-state index in [0.717, 1.165) is 28.3 Å². The van der Waals surface area contributed by atoms with Crippen LogP contribution in [-0.2, 0) is 14.1 Å². The maximum atomic E-state index is 13.4. The number of rotatable bonds is 2. The summed E-state index contributed by atoms with van der Waals surface area (Å²) in [4.78, 5) is 52.2. The van der Waals surface area contributed by atoms with Crippen LogP contribution in [0.15, 0.2) is 39.9 Å². The molecule has 4 aromatic rings. The van der Waals surface area contributed by atoms with Crippen LogP contribution in [0.25, 0.3) is 22.1 Å². The van der Waals surface area contributed by atoms with Crippen molar-refractivity contribution in [2.75, 3.05) is 13.1 Å². The van der Waals surface area contributed by atoms with E-state index >= 15 is 0 Å². The molecule has 1 amide bonds. The van der Waals surface area contributed by atoms with Gasteiger partial charge in [0.15, 0.2) is 5.65 Å². The number of H-pyrrole nitrogens is 1. The first-order chi connectivity index (χ1) is 15.3. The molecule has 4 heterocycles. The monoisotopic (exact) mass is 432 g/mol. The van der Waals surface area contributed by atoms with Gasteiger partial charge in [-0.15, -0.1) is 0 Å². The number of nitrogens with zero attached hydrogens (tertiary/aromatic N) is 5. The molecule has 5 rings (SSSR count). The molecular weight excluding hydrogens is 408 g/mol. The molecule has 0 radical (unpaired) electrons. The summed E-state index contributed by atoms with van der Waals surface area (Å²) < 4.78 is 2.43. The van der Waals surface area contributed by atoms with E-state index in [-0.39, 0.29) is 11.8 Å². The molecule has 1 N–H and O–H groups in total. The second kappa shape index (κ2) is 7.44. The molecule has 164 valence electrons. The molecule has 0 saturated carbocycles. The SMILES string of the molecule is Cc1nc2ccccc2cc1C(=O)N1CCCC(c2nc3c([nH]2)c(=O)n(C)c(=O)n3C)C1. The quantitative estimate of drug-likeness (QED) is 0.520. The first-order valence-corrected chi connectivity index (χ1v) is 10.7. The van der Waals surface area contributed by atoms with E-state index in [9.17, 15) is 14.4 Å². The largest absolute Gasteiger partial charge is 0.338 e. The van der Waals surface area contributed by atoms with E-state index in [4.69, 9.17) is 0 Å².